The molecule has 2 aliphatic heterocycles. The summed E-state index contributed by atoms with van der Waals surface area (Å²) in [6.07, 6.45) is 6.27. The maximum Gasteiger partial charge on any atom is 0.316 e. The lowest BCUT2D eigenvalue weighted by Gasteiger charge is -2.25. The lowest BCUT2D eigenvalue weighted by atomic mass is 9.90. The Balaban J connectivity index is 1.48. The third kappa shape index (κ3) is 3.70. The number of fused-ring (bicyclic) bond motifs is 2. The van der Waals surface area contributed by atoms with E-state index in [1.54, 1.807) is 12.4 Å². The fraction of sp³-hybridized carbons (Fsp3) is 0.500. The van der Waals surface area contributed by atoms with Crippen LogP contribution in [0.3, 0.4) is 0 Å². The van der Waals surface area contributed by atoms with Crippen molar-refractivity contribution in [3.63, 3.8) is 0 Å². The Kier molecular flexibility index (Phi) is 5.48. The first-order chi connectivity index (χ1) is 13.6. The molecule has 8 heteroatoms. The first kappa shape index (κ1) is 19.1. The maximum atomic E-state index is 13.3. The van der Waals surface area contributed by atoms with Crippen molar-refractivity contribution in [1.29, 1.82) is 0 Å². The van der Waals surface area contributed by atoms with Crippen molar-refractivity contribution in [3.05, 3.63) is 40.4 Å². The number of aromatic nitrogens is 3. The number of nitrogens with zero attached hydrogens (tertiary/aromatic N) is 4. The molecule has 2 bridgehead atoms. The molecule has 4 heterocycles. The second kappa shape index (κ2) is 8.03. The van der Waals surface area contributed by atoms with E-state index in [-0.39, 0.29) is 23.9 Å². The van der Waals surface area contributed by atoms with Gasteiger partial charge in [0.2, 0.25) is 0 Å². The van der Waals surface area contributed by atoms with Gasteiger partial charge in [-0.25, -0.2) is 15.0 Å². The lowest BCUT2D eigenvalue weighted by Crippen LogP contribution is -2.38. The summed E-state index contributed by atoms with van der Waals surface area (Å²) in [4.78, 5) is 28.1. The van der Waals surface area contributed by atoms with Crippen molar-refractivity contribution in [1.82, 2.24) is 19.9 Å². The van der Waals surface area contributed by atoms with E-state index in [9.17, 15) is 4.79 Å². The normalized spacial score (nSPS) is 23.1. The number of hydrogen-bond acceptors (Lipinski definition) is 6. The van der Waals surface area contributed by atoms with Gasteiger partial charge in [-0.1, -0.05) is 0 Å². The van der Waals surface area contributed by atoms with Gasteiger partial charge in [-0.15, -0.1) is 0 Å². The van der Waals surface area contributed by atoms with Crippen LogP contribution in [0.1, 0.15) is 42.4 Å². The Bertz CT molecular complexity index is 861. The zero-order valence-electron chi connectivity index (χ0n) is 16.0. The highest BCUT2D eigenvalue weighted by Gasteiger charge is 2.49. The quantitative estimate of drug-likeness (QED) is 0.676. The number of carbonyl (C=O) groups is 1. The van der Waals surface area contributed by atoms with Gasteiger partial charge >= 0.3 is 6.01 Å². The monoisotopic (exact) mass is 446 g/mol. The summed E-state index contributed by atoms with van der Waals surface area (Å²) in [5, 5.41) is 0. The molecule has 4 rings (SSSR count). The Labute approximate surface area is 172 Å². The standard InChI is InChI=1S/C20H23BrN4O3/c1-3-27-17-7-4-12(2)24-18(17)19(26)25-15-5-6-16(25)13(8-15)11-28-20-22-9-14(21)10-23-20/h4,7,9-10,13,15-16H,3,5-6,8,11H2,1-2H3. The number of hydrogen-bond donors (Lipinski definition) is 0. The number of ether oxygens (including phenoxy) is 2. The molecule has 3 unspecified atom stereocenters. The van der Waals surface area contributed by atoms with E-state index >= 15 is 0 Å². The van der Waals surface area contributed by atoms with Gasteiger partial charge in [-0.3, -0.25) is 4.79 Å². The van der Waals surface area contributed by atoms with Gasteiger partial charge in [0.1, 0.15) is 0 Å². The Hall–Kier alpha value is -2.22. The van der Waals surface area contributed by atoms with Gasteiger partial charge < -0.3 is 14.4 Å². The zero-order chi connectivity index (χ0) is 19.7. The molecule has 2 aromatic heterocycles. The van der Waals surface area contributed by atoms with E-state index in [1.165, 1.54) is 0 Å². The van der Waals surface area contributed by atoms with E-state index in [0.717, 1.165) is 29.4 Å². The molecule has 2 aromatic rings. The first-order valence-corrected chi connectivity index (χ1v) is 10.4. The van der Waals surface area contributed by atoms with Crippen molar-refractivity contribution in [2.45, 2.75) is 45.2 Å². The van der Waals surface area contributed by atoms with Gasteiger partial charge in [-0.05, 0) is 61.2 Å². The zero-order valence-corrected chi connectivity index (χ0v) is 17.6. The van der Waals surface area contributed by atoms with Crippen LogP contribution in [0.5, 0.6) is 11.8 Å². The summed E-state index contributed by atoms with van der Waals surface area (Å²) < 4.78 is 12.3. The largest absolute Gasteiger partial charge is 0.491 e. The van der Waals surface area contributed by atoms with Crippen LogP contribution in [0.25, 0.3) is 0 Å². The smallest absolute Gasteiger partial charge is 0.316 e. The first-order valence-electron chi connectivity index (χ1n) is 9.60. The van der Waals surface area contributed by atoms with Gasteiger partial charge in [0.25, 0.3) is 5.91 Å². The van der Waals surface area contributed by atoms with E-state index < -0.39 is 0 Å². The van der Waals surface area contributed by atoms with Crippen LogP contribution in [-0.2, 0) is 0 Å². The molecule has 0 saturated carbocycles. The van der Waals surface area contributed by atoms with Gasteiger partial charge in [0.05, 0.1) is 17.7 Å². The number of halogens is 1. The molecule has 0 aromatic carbocycles. The molecular weight excluding hydrogens is 424 g/mol. The van der Waals surface area contributed by atoms with Crippen molar-refractivity contribution in [2.75, 3.05) is 13.2 Å². The highest BCUT2D eigenvalue weighted by molar-refractivity contribution is 9.10. The minimum Gasteiger partial charge on any atom is -0.491 e. The molecule has 0 aliphatic carbocycles. The molecule has 28 heavy (non-hydrogen) atoms. The molecule has 0 radical (unpaired) electrons. The summed E-state index contributed by atoms with van der Waals surface area (Å²) in [5.74, 6) is 0.790. The van der Waals surface area contributed by atoms with Crippen LogP contribution < -0.4 is 9.47 Å². The average Bonchev–Trinajstić information content (AvgIpc) is 3.26. The summed E-state index contributed by atoms with van der Waals surface area (Å²) in [6.45, 7) is 4.80. The molecule has 148 valence electrons. The predicted molar refractivity (Wildman–Crippen MR) is 106 cm³/mol. The number of amides is 1. The summed E-state index contributed by atoms with van der Waals surface area (Å²) in [7, 11) is 0. The van der Waals surface area contributed by atoms with E-state index in [2.05, 4.69) is 30.9 Å². The molecule has 0 spiro atoms. The molecule has 0 N–H and O–H groups in total. The minimum absolute atomic E-state index is 0.0398. The van der Waals surface area contributed by atoms with Crippen LogP contribution in [0.2, 0.25) is 0 Å². The van der Waals surface area contributed by atoms with Crippen molar-refractivity contribution in [2.24, 2.45) is 5.92 Å². The highest BCUT2D eigenvalue weighted by Crippen LogP contribution is 2.43. The molecule has 7 nitrogen and oxygen atoms in total. The molecular formula is C20H23BrN4O3. The van der Waals surface area contributed by atoms with Crippen molar-refractivity contribution >= 4 is 21.8 Å². The lowest BCUT2D eigenvalue weighted by molar-refractivity contribution is 0.0698. The van der Waals surface area contributed by atoms with Crippen molar-refractivity contribution < 1.29 is 14.3 Å². The number of carbonyl (C=O) groups excluding carboxylic acids is 1. The van der Waals surface area contributed by atoms with Gasteiger partial charge in [-0.2, -0.15) is 0 Å². The fourth-order valence-corrected chi connectivity index (χ4v) is 4.46. The second-order valence-electron chi connectivity index (χ2n) is 7.23. The molecule has 3 atom stereocenters. The molecule has 1 amide bonds. The van der Waals surface area contributed by atoms with E-state index in [1.807, 2.05) is 30.9 Å². The SMILES string of the molecule is CCOc1ccc(C)nc1C(=O)N1C2CCC1C(COc1ncc(Br)cn1)C2. The van der Waals surface area contributed by atoms with Gasteiger partial charge in [0.15, 0.2) is 11.4 Å². The maximum absolute atomic E-state index is 13.3. The van der Waals surface area contributed by atoms with Crippen LogP contribution in [0.15, 0.2) is 29.0 Å². The van der Waals surface area contributed by atoms with Crippen LogP contribution >= 0.6 is 15.9 Å². The van der Waals surface area contributed by atoms with Gasteiger partial charge in [0, 0.05) is 36.1 Å². The van der Waals surface area contributed by atoms with E-state index in [0.29, 0.717) is 30.7 Å². The average molecular weight is 447 g/mol. The topological polar surface area (TPSA) is 77.4 Å². The number of rotatable bonds is 6. The van der Waals surface area contributed by atoms with E-state index in [4.69, 9.17) is 9.47 Å². The second-order valence-corrected chi connectivity index (χ2v) is 8.15. The fourth-order valence-electron chi connectivity index (χ4n) is 4.26. The van der Waals surface area contributed by atoms with Crippen molar-refractivity contribution in [3.8, 4) is 11.8 Å². The van der Waals surface area contributed by atoms with Crippen LogP contribution in [-0.4, -0.2) is 51.1 Å². The van der Waals surface area contributed by atoms with Crippen LogP contribution in [0, 0.1) is 12.8 Å². The van der Waals surface area contributed by atoms with Crippen LogP contribution in [0.4, 0.5) is 0 Å². The number of aryl methyl sites for hydroxylation is 1. The Morgan fingerprint density at radius 2 is 2.04 bits per heavy atom. The molecule has 2 fully saturated rings. The summed E-state index contributed by atoms with van der Waals surface area (Å²) in [5.41, 5.74) is 1.22. The molecule has 2 saturated heterocycles. The predicted octanol–water partition coefficient (Wildman–Crippen LogP) is 3.41. The minimum atomic E-state index is -0.0398. The highest BCUT2D eigenvalue weighted by atomic mass is 79.9. The summed E-state index contributed by atoms with van der Waals surface area (Å²) >= 11 is 3.32. The third-order valence-corrected chi connectivity index (χ3v) is 5.83. The molecule has 2 aliphatic rings. The summed E-state index contributed by atoms with van der Waals surface area (Å²) in [6, 6.07) is 4.46. The number of pyridine rings is 1. The third-order valence-electron chi connectivity index (χ3n) is 5.42. The Morgan fingerprint density at radius 1 is 1.25 bits per heavy atom. The Morgan fingerprint density at radius 3 is 2.79 bits per heavy atom.